The molecule has 0 bridgehead atoms. The van der Waals surface area contributed by atoms with Gasteiger partial charge < -0.3 is 0 Å². The molecular formula is C34H60. The van der Waals surface area contributed by atoms with Crippen LogP contribution in [0, 0.1) is 58.7 Å². The predicted octanol–water partition coefficient (Wildman–Crippen LogP) is 10.8. The third-order valence-electron chi connectivity index (χ3n) is 13.4. The number of hydrogen-bond donors (Lipinski definition) is 0. The van der Waals surface area contributed by atoms with Gasteiger partial charge in [-0.3, -0.25) is 0 Å². The van der Waals surface area contributed by atoms with Gasteiger partial charge in [0, 0.05) is 0 Å². The van der Waals surface area contributed by atoms with E-state index in [4.69, 9.17) is 0 Å². The van der Waals surface area contributed by atoms with Gasteiger partial charge in [-0.15, -0.1) is 0 Å². The Morgan fingerprint density at radius 2 is 0.882 bits per heavy atom. The molecule has 34 heavy (non-hydrogen) atoms. The van der Waals surface area contributed by atoms with Gasteiger partial charge in [0.1, 0.15) is 0 Å². The summed E-state index contributed by atoms with van der Waals surface area (Å²) < 4.78 is 0. The lowest BCUT2D eigenvalue weighted by Gasteiger charge is -2.65. The Kier molecular flexibility index (Phi) is 8.74. The molecule has 5 aliphatic carbocycles. The molecule has 5 aliphatic rings. The Balaban J connectivity index is 1.56. The highest BCUT2D eigenvalue weighted by atomic mass is 14.6. The summed E-state index contributed by atoms with van der Waals surface area (Å²) in [5.41, 5.74) is 0.643. The second-order valence-electron chi connectivity index (χ2n) is 14.5. The maximum atomic E-state index is 2.85. The van der Waals surface area contributed by atoms with Crippen molar-refractivity contribution >= 4 is 0 Å². The summed E-state index contributed by atoms with van der Waals surface area (Å²) in [4.78, 5) is 0. The molecular weight excluding hydrogens is 408 g/mol. The molecule has 5 saturated carbocycles. The van der Waals surface area contributed by atoms with Crippen molar-refractivity contribution < 1.29 is 0 Å². The van der Waals surface area contributed by atoms with E-state index in [1.807, 2.05) is 0 Å². The molecule has 0 aromatic carbocycles. The van der Waals surface area contributed by atoms with Crippen LogP contribution in [0.2, 0.25) is 0 Å². The summed E-state index contributed by atoms with van der Waals surface area (Å²) in [7, 11) is 0. The van der Waals surface area contributed by atoms with Crippen LogP contribution in [0.3, 0.4) is 0 Å². The molecule has 0 N–H and O–H groups in total. The van der Waals surface area contributed by atoms with Crippen molar-refractivity contribution in [1.82, 2.24) is 0 Å². The van der Waals surface area contributed by atoms with E-state index >= 15 is 0 Å². The van der Waals surface area contributed by atoms with Gasteiger partial charge in [-0.05, 0) is 77.9 Å². The van der Waals surface area contributed by atoms with E-state index in [9.17, 15) is 0 Å². The van der Waals surface area contributed by atoms with E-state index in [1.165, 1.54) is 64.2 Å². The molecule has 0 heterocycles. The van der Waals surface area contributed by atoms with E-state index < -0.39 is 0 Å². The minimum atomic E-state index is 0.643. The Bertz CT molecular complexity index is 578. The Morgan fingerprint density at radius 1 is 0.441 bits per heavy atom. The topological polar surface area (TPSA) is 0 Å². The van der Waals surface area contributed by atoms with Crippen LogP contribution in [0.1, 0.15) is 156 Å². The van der Waals surface area contributed by atoms with Crippen LogP contribution in [-0.4, -0.2) is 0 Å². The second-order valence-corrected chi connectivity index (χ2v) is 14.5. The van der Waals surface area contributed by atoms with E-state index in [-0.39, 0.29) is 0 Å². The van der Waals surface area contributed by atoms with Crippen molar-refractivity contribution in [3.8, 4) is 0 Å². The molecule has 0 amide bonds. The molecule has 0 aromatic rings. The molecule has 0 radical (unpaired) electrons. The Morgan fingerprint density at radius 3 is 1.41 bits per heavy atom. The summed E-state index contributed by atoms with van der Waals surface area (Å²) in [6.07, 6.45) is 32.5. The molecule has 0 heteroatoms. The smallest absolute Gasteiger partial charge is 0.0179 e. The summed E-state index contributed by atoms with van der Waals surface area (Å²) in [6, 6.07) is 0. The number of rotatable bonds is 6. The molecule has 0 saturated heterocycles. The monoisotopic (exact) mass is 468 g/mol. The number of fused-ring (bicyclic) bond motifs is 1. The zero-order valence-corrected chi connectivity index (χ0v) is 23.5. The average Bonchev–Trinajstić information content (AvgIpc) is 2.92. The van der Waals surface area contributed by atoms with Crippen molar-refractivity contribution in [1.29, 1.82) is 0 Å². The molecule has 0 nitrogen and oxygen atoms in total. The highest BCUT2D eigenvalue weighted by molar-refractivity contribution is 5.09. The lowest BCUT2D eigenvalue weighted by Crippen LogP contribution is -2.59. The predicted molar refractivity (Wildman–Crippen MR) is 148 cm³/mol. The van der Waals surface area contributed by atoms with Crippen LogP contribution in [0.4, 0.5) is 0 Å². The third kappa shape index (κ3) is 4.80. The zero-order chi connectivity index (χ0) is 23.5. The zero-order valence-electron chi connectivity index (χ0n) is 23.5. The SMILES string of the molecule is CC(C1CCCCC1)C1CCC2CCCCC2C1(C(C)C1CCCCC1)C(C)C1CCCCC1. The molecule has 0 aromatic heterocycles. The Labute approximate surface area is 214 Å². The standard InChI is InChI=1S/C34H60/c1-25(28-15-7-4-8-16-28)32-24-23-31-21-13-14-22-33(31)34(32,26(2)29-17-9-5-10-18-29)27(3)30-19-11-6-12-20-30/h25-33H,4-24H2,1-3H3. The fourth-order valence-electron chi connectivity index (χ4n) is 11.7. The summed E-state index contributed by atoms with van der Waals surface area (Å²) in [6.45, 7) is 8.50. The molecule has 0 aliphatic heterocycles. The fraction of sp³-hybridized carbons (Fsp3) is 1.00. The molecule has 6 atom stereocenters. The quantitative estimate of drug-likeness (QED) is 0.363. The highest BCUT2D eigenvalue weighted by Gasteiger charge is 2.60. The van der Waals surface area contributed by atoms with Crippen LogP contribution < -0.4 is 0 Å². The van der Waals surface area contributed by atoms with Crippen molar-refractivity contribution in [3.05, 3.63) is 0 Å². The van der Waals surface area contributed by atoms with Crippen LogP contribution in [0.5, 0.6) is 0 Å². The normalized spacial score (nSPS) is 39.8. The van der Waals surface area contributed by atoms with Crippen LogP contribution in [-0.2, 0) is 0 Å². The van der Waals surface area contributed by atoms with Crippen LogP contribution in [0.25, 0.3) is 0 Å². The largest absolute Gasteiger partial charge is 0.0620 e. The lowest BCUT2D eigenvalue weighted by atomic mass is 9.39. The fourth-order valence-corrected chi connectivity index (χ4v) is 11.7. The van der Waals surface area contributed by atoms with E-state index in [0.717, 1.165) is 53.3 Å². The van der Waals surface area contributed by atoms with Gasteiger partial charge in [-0.1, -0.05) is 136 Å². The first-order chi connectivity index (χ1) is 16.6. The third-order valence-corrected chi connectivity index (χ3v) is 13.4. The first-order valence-corrected chi connectivity index (χ1v) is 16.6. The minimum absolute atomic E-state index is 0.643. The van der Waals surface area contributed by atoms with Crippen molar-refractivity contribution in [2.45, 2.75) is 156 Å². The first kappa shape index (κ1) is 25.6. The molecule has 5 rings (SSSR count). The van der Waals surface area contributed by atoms with Crippen molar-refractivity contribution in [2.75, 3.05) is 0 Å². The van der Waals surface area contributed by atoms with Crippen LogP contribution >= 0.6 is 0 Å². The molecule has 5 fully saturated rings. The van der Waals surface area contributed by atoms with Gasteiger partial charge >= 0.3 is 0 Å². The van der Waals surface area contributed by atoms with E-state index in [1.54, 1.807) is 70.6 Å². The summed E-state index contributed by atoms with van der Waals surface area (Å²) in [5, 5.41) is 0. The van der Waals surface area contributed by atoms with Gasteiger partial charge in [0.15, 0.2) is 0 Å². The van der Waals surface area contributed by atoms with Crippen LogP contribution in [0.15, 0.2) is 0 Å². The average molecular weight is 469 g/mol. The maximum absolute atomic E-state index is 2.85. The lowest BCUT2D eigenvalue weighted by molar-refractivity contribution is -0.171. The molecule has 6 unspecified atom stereocenters. The maximum Gasteiger partial charge on any atom is -0.0179 e. The van der Waals surface area contributed by atoms with Gasteiger partial charge in [-0.25, -0.2) is 0 Å². The van der Waals surface area contributed by atoms with Gasteiger partial charge in [0.25, 0.3) is 0 Å². The second kappa shape index (κ2) is 11.6. The van der Waals surface area contributed by atoms with Crippen molar-refractivity contribution in [2.24, 2.45) is 58.7 Å². The van der Waals surface area contributed by atoms with Gasteiger partial charge in [0.05, 0.1) is 0 Å². The molecule has 0 spiro atoms. The van der Waals surface area contributed by atoms with E-state index in [0.29, 0.717) is 5.41 Å². The van der Waals surface area contributed by atoms with Crippen molar-refractivity contribution in [3.63, 3.8) is 0 Å². The summed E-state index contributed by atoms with van der Waals surface area (Å²) >= 11 is 0. The first-order valence-electron chi connectivity index (χ1n) is 16.6. The highest BCUT2D eigenvalue weighted by Crippen LogP contribution is 2.67. The van der Waals surface area contributed by atoms with Gasteiger partial charge in [0.2, 0.25) is 0 Å². The van der Waals surface area contributed by atoms with E-state index in [2.05, 4.69) is 20.8 Å². The number of hydrogen-bond acceptors (Lipinski definition) is 0. The molecule has 196 valence electrons. The van der Waals surface area contributed by atoms with Gasteiger partial charge in [-0.2, -0.15) is 0 Å². The summed E-state index contributed by atoms with van der Waals surface area (Å²) in [5.74, 6) is 9.14. The minimum Gasteiger partial charge on any atom is -0.0620 e. The Hall–Kier alpha value is 0.